The minimum atomic E-state index is -0.638. The van der Waals surface area contributed by atoms with Crippen LogP contribution < -0.4 is 0 Å². The fraction of sp³-hybridized carbons (Fsp3) is 0.409. The van der Waals surface area contributed by atoms with Gasteiger partial charge < -0.3 is 14.7 Å². The molecule has 2 aliphatic heterocycles. The van der Waals surface area contributed by atoms with E-state index < -0.39 is 17.7 Å². The van der Waals surface area contributed by atoms with E-state index in [1.165, 1.54) is 11.3 Å². The SMILES string of the molecule is Cc1cccc(C2C(C(=O)c3sc(C)nc3C)=C(O)C(=O)N2CC2CCCO2)c1. The molecule has 4 rings (SSSR count). The molecule has 1 aromatic carbocycles. The first-order valence-corrected chi connectivity index (χ1v) is 10.6. The first-order chi connectivity index (χ1) is 13.9. The van der Waals surface area contributed by atoms with E-state index in [1.54, 1.807) is 11.8 Å². The van der Waals surface area contributed by atoms with Crippen LogP contribution in [0.15, 0.2) is 35.6 Å². The van der Waals surface area contributed by atoms with E-state index >= 15 is 0 Å². The van der Waals surface area contributed by atoms with Crippen LogP contribution in [0.4, 0.5) is 0 Å². The summed E-state index contributed by atoms with van der Waals surface area (Å²) in [5, 5.41) is 11.5. The van der Waals surface area contributed by atoms with Gasteiger partial charge >= 0.3 is 0 Å². The summed E-state index contributed by atoms with van der Waals surface area (Å²) in [7, 11) is 0. The molecule has 1 saturated heterocycles. The number of aromatic nitrogens is 1. The molecule has 2 aromatic rings. The number of benzene rings is 1. The van der Waals surface area contributed by atoms with Crippen LogP contribution in [-0.2, 0) is 9.53 Å². The summed E-state index contributed by atoms with van der Waals surface area (Å²) in [6, 6.07) is 7.08. The lowest BCUT2D eigenvalue weighted by Gasteiger charge is -2.29. The molecular weight excluding hydrogens is 388 g/mol. The van der Waals surface area contributed by atoms with Crippen molar-refractivity contribution in [2.24, 2.45) is 0 Å². The number of ether oxygens (including phenoxy) is 1. The third kappa shape index (κ3) is 3.60. The number of aliphatic hydroxyl groups excluding tert-OH is 1. The number of aryl methyl sites for hydroxylation is 3. The van der Waals surface area contributed by atoms with Crippen molar-refractivity contribution >= 4 is 23.0 Å². The fourth-order valence-electron chi connectivity index (χ4n) is 4.13. The number of aliphatic hydroxyl groups is 1. The standard InChI is InChI=1S/C22H24N2O4S/c1-12-6-4-7-15(10-12)18-17(19(25)21-13(2)23-14(3)29-21)20(26)22(27)24(18)11-16-8-5-9-28-16/h4,6-7,10,16,18,26H,5,8-9,11H2,1-3H3. The summed E-state index contributed by atoms with van der Waals surface area (Å²) in [5.74, 6) is -1.32. The Morgan fingerprint density at radius 3 is 2.76 bits per heavy atom. The highest BCUT2D eigenvalue weighted by Gasteiger charge is 2.45. The molecule has 2 atom stereocenters. The molecule has 1 fully saturated rings. The number of thiazole rings is 1. The zero-order valence-electron chi connectivity index (χ0n) is 16.8. The minimum absolute atomic E-state index is 0.0825. The Balaban J connectivity index is 1.79. The quantitative estimate of drug-likeness (QED) is 0.755. The van der Waals surface area contributed by atoms with Crippen LogP contribution in [-0.4, -0.2) is 45.9 Å². The first-order valence-electron chi connectivity index (χ1n) is 9.77. The molecule has 0 aliphatic carbocycles. The van der Waals surface area contributed by atoms with Gasteiger partial charge in [-0.25, -0.2) is 4.98 Å². The molecule has 29 heavy (non-hydrogen) atoms. The number of hydrogen-bond donors (Lipinski definition) is 1. The number of rotatable bonds is 5. The molecule has 6 nitrogen and oxygen atoms in total. The Kier molecular flexibility index (Phi) is 5.27. The molecule has 1 aromatic heterocycles. The van der Waals surface area contributed by atoms with Crippen molar-refractivity contribution < 1.29 is 19.4 Å². The molecule has 0 spiro atoms. The second-order valence-corrected chi connectivity index (χ2v) is 8.85. The van der Waals surface area contributed by atoms with Crippen molar-refractivity contribution in [1.82, 2.24) is 9.88 Å². The Labute approximate surface area is 173 Å². The molecule has 2 unspecified atom stereocenters. The maximum absolute atomic E-state index is 13.4. The van der Waals surface area contributed by atoms with E-state index in [-0.39, 0.29) is 17.5 Å². The van der Waals surface area contributed by atoms with E-state index in [2.05, 4.69) is 4.98 Å². The Morgan fingerprint density at radius 1 is 1.34 bits per heavy atom. The topological polar surface area (TPSA) is 79.7 Å². The number of hydrogen-bond acceptors (Lipinski definition) is 6. The van der Waals surface area contributed by atoms with Crippen molar-refractivity contribution in [3.63, 3.8) is 0 Å². The number of amides is 1. The van der Waals surface area contributed by atoms with E-state index in [9.17, 15) is 14.7 Å². The maximum Gasteiger partial charge on any atom is 0.290 e. The third-order valence-electron chi connectivity index (χ3n) is 5.44. The fourth-order valence-corrected chi connectivity index (χ4v) is 5.01. The number of Topliss-reactive ketones (excluding diaryl/α,β-unsaturated/α-hetero) is 1. The summed E-state index contributed by atoms with van der Waals surface area (Å²) in [4.78, 5) is 32.8. The predicted molar refractivity (Wildman–Crippen MR) is 110 cm³/mol. The summed E-state index contributed by atoms with van der Waals surface area (Å²) in [5.41, 5.74) is 2.58. The van der Waals surface area contributed by atoms with Crippen molar-refractivity contribution in [1.29, 1.82) is 0 Å². The second kappa shape index (κ2) is 7.72. The summed E-state index contributed by atoms with van der Waals surface area (Å²) >= 11 is 1.29. The number of carbonyl (C=O) groups is 2. The molecule has 7 heteroatoms. The van der Waals surface area contributed by atoms with Crippen LogP contribution in [0.5, 0.6) is 0 Å². The van der Waals surface area contributed by atoms with Crippen LogP contribution >= 0.6 is 11.3 Å². The average molecular weight is 413 g/mol. The van der Waals surface area contributed by atoms with Gasteiger partial charge in [0.25, 0.3) is 5.91 Å². The molecular formula is C22H24N2O4S. The highest BCUT2D eigenvalue weighted by molar-refractivity contribution is 7.14. The summed E-state index contributed by atoms with van der Waals surface area (Å²) < 4.78 is 5.72. The molecule has 152 valence electrons. The van der Waals surface area contributed by atoms with E-state index in [4.69, 9.17) is 4.74 Å². The largest absolute Gasteiger partial charge is 0.503 e. The minimum Gasteiger partial charge on any atom is -0.503 e. The molecule has 0 bridgehead atoms. The van der Waals surface area contributed by atoms with Gasteiger partial charge in [0.05, 0.1) is 33.3 Å². The lowest BCUT2D eigenvalue weighted by Crippen LogP contribution is -2.37. The first kappa shape index (κ1) is 19.8. The summed E-state index contributed by atoms with van der Waals surface area (Å²) in [6.07, 6.45) is 1.73. The molecule has 1 amide bonds. The van der Waals surface area contributed by atoms with Crippen LogP contribution in [0.3, 0.4) is 0 Å². The van der Waals surface area contributed by atoms with Crippen molar-refractivity contribution in [3.05, 3.63) is 62.3 Å². The number of nitrogens with zero attached hydrogens (tertiary/aromatic N) is 2. The number of carbonyl (C=O) groups excluding carboxylic acids is 2. The molecule has 1 N–H and O–H groups in total. The normalized spacial score (nSPS) is 22.0. The van der Waals surface area contributed by atoms with E-state index in [0.717, 1.165) is 29.0 Å². The molecule has 2 aliphatic rings. The van der Waals surface area contributed by atoms with Crippen LogP contribution in [0.1, 0.15) is 50.4 Å². The Bertz CT molecular complexity index is 1000. The zero-order chi connectivity index (χ0) is 20.7. The van der Waals surface area contributed by atoms with Crippen LogP contribution in [0.25, 0.3) is 0 Å². The van der Waals surface area contributed by atoms with Gasteiger partial charge in [-0.3, -0.25) is 9.59 Å². The molecule has 3 heterocycles. The monoisotopic (exact) mass is 412 g/mol. The van der Waals surface area contributed by atoms with Gasteiger partial charge in [0.1, 0.15) is 0 Å². The smallest absolute Gasteiger partial charge is 0.290 e. The van der Waals surface area contributed by atoms with E-state index in [1.807, 2.05) is 38.1 Å². The van der Waals surface area contributed by atoms with Gasteiger partial charge in [-0.2, -0.15) is 0 Å². The van der Waals surface area contributed by atoms with Gasteiger partial charge in [-0.1, -0.05) is 29.8 Å². The highest BCUT2D eigenvalue weighted by Crippen LogP contribution is 2.40. The summed E-state index contributed by atoms with van der Waals surface area (Å²) in [6.45, 7) is 6.60. The van der Waals surface area contributed by atoms with Gasteiger partial charge in [0, 0.05) is 13.2 Å². The van der Waals surface area contributed by atoms with Crippen molar-refractivity contribution in [3.8, 4) is 0 Å². The van der Waals surface area contributed by atoms with Gasteiger partial charge in [-0.05, 0) is 39.2 Å². The van der Waals surface area contributed by atoms with Gasteiger partial charge in [-0.15, -0.1) is 11.3 Å². The Morgan fingerprint density at radius 2 is 2.14 bits per heavy atom. The predicted octanol–water partition coefficient (Wildman–Crippen LogP) is 3.83. The van der Waals surface area contributed by atoms with E-state index in [0.29, 0.717) is 23.7 Å². The average Bonchev–Trinajstić information content (AvgIpc) is 3.37. The molecule has 0 saturated carbocycles. The second-order valence-electron chi connectivity index (χ2n) is 7.65. The van der Waals surface area contributed by atoms with Crippen molar-refractivity contribution in [2.45, 2.75) is 45.8 Å². The third-order valence-corrected chi connectivity index (χ3v) is 6.51. The molecule has 0 radical (unpaired) electrons. The lowest BCUT2D eigenvalue weighted by molar-refractivity contribution is -0.131. The number of ketones is 1. The maximum atomic E-state index is 13.4. The van der Waals surface area contributed by atoms with Crippen LogP contribution in [0, 0.1) is 20.8 Å². The lowest BCUT2D eigenvalue weighted by atomic mass is 9.94. The Hall–Kier alpha value is -2.51. The van der Waals surface area contributed by atoms with Gasteiger partial charge in [0.2, 0.25) is 5.78 Å². The zero-order valence-corrected chi connectivity index (χ0v) is 17.6. The van der Waals surface area contributed by atoms with Crippen LogP contribution in [0.2, 0.25) is 0 Å². The highest BCUT2D eigenvalue weighted by atomic mass is 32.1. The van der Waals surface area contributed by atoms with Crippen molar-refractivity contribution in [2.75, 3.05) is 13.2 Å². The van der Waals surface area contributed by atoms with Gasteiger partial charge in [0.15, 0.2) is 5.76 Å².